The van der Waals surface area contributed by atoms with Gasteiger partial charge < -0.3 is 30.5 Å². The van der Waals surface area contributed by atoms with Gasteiger partial charge in [-0.15, -0.1) is 11.3 Å². The van der Waals surface area contributed by atoms with Crippen LogP contribution in [0, 0.1) is 12.3 Å². The van der Waals surface area contributed by atoms with Gasteiger partial charge in [-0.25, -0.2) is 9.37 Å². The van der Waals surface area contributed by atoms with Crippen LogP contribution in [-0.4, -0.2) is 80.8 Å². The normalized spacial score (nSPS) is 19.1. The number of aliphatic hydroxyl groups is 1. The molecule has 0 spiro atoms. The van der Waals surface area contributed by atoms with Crippen LogP contribution in [0.3, 0.4) is 0 Å². The van der Waals surface area contributed by atoms with Crippen LogP contribution < -0.4 is 15.4 Å². The molecule has 4 N–H and O–H groups in total. The van der Waals surface area contributed by atoms with Crippen molar-refractivity contribution in [3.8, 4) is 16.2 Å². The van der Waals surface area contributed by atoms with Crippen molar-refractivity contribution in [1.29, 1.82) is 0 Å². The number of nitrogens with one attached hydrogen (secondary N) is 2. The molecule has 1 saturated carbocycles. The fourth-order valence-electron chi connectivity index (χ4n) is 5.84. The molecule has 264 valence electrons. The number of aliphatic hydroxyl groups excluding tert-OH is 1. The van der Waals surface area contributed by atoms with Crippen molar-refractivity contribution in [3.63, 3.8) is 0 Å². The van der Waals surface area contributed by atoms with Crippen molar-refractivity contribution in [2.45, 2.75) is 122 Å². The summed E-state index contributed by atoms with van der Waals surface area (Å²) >= 11 is 1.53. The number of aliphatic carboxylic acids is 1. The first-order chi connectivity index (χ1) is 22.7. The fraction of sp³-hybridized carbons (Fsp3) is 0.629. The van der Waals surface area contributed by atoms with Gasteiger partial charge in [0.25, 0.3) is 5.91 Å². The molecule has 48 heavy (non-hydrogen) atoms. The van der Waals surface area contributed by atoms with Gasteiger partial charge in [0.2, 0.25) is 11.8 Å². The first-order valence-corrected chi connectivity index (χ1v) is 17.7. The zero-order chi connectivity index (χ0) is 35.1. The van der Waals surface area contributed by atoms with Crippen LogP contribution in [0.1, 0.15) is 96.2 Å². The summed E-state index contributed by atoms with van der Waals surface area (Å²) in [5.74, 6) is -1.95. The lowest BCUT2D eigenvalue weighted by molar-refractivity contribution is -0.145. The summed E-state index contributed by atoms with van der Waals surface area (Å²) in [4.78, 5) is 57.2. The third kappa shape index (κ3) is 9.97. The lowest BCUT2D eigenvalue weighted by Gasteiger charge is -2.35. The molecule has 11 nitrogen and oxygen atoms in total. The quantitative estimate of drug-likeness (QED) is 0.171. The lowest BCUT2D eigenvalue weighted by atomic mass is 9.85. The van der Waals surface area contributed by atoms with Crippen LogP contribution in [0.5, 0.6) is 5.75 Å². The van der Waals surface area contributed by atoms with Crippen LogP contribution in [0.4, 0.5) is 4.39 Å². The third-order valence-corrected chi connectivity index (χ3v) is 9.90. The van der Waals surface area contributed by atoms with E-state index in [4.69, 9.17) is 9.84 Å². The minimum Gasteiger partial charge on any atom is -0.493 e. The Bertz CT molecular complexity index is 1450. The van der Waals surface area contributed by atoms with Gasteiger partial charge in [-0.05, 0) is 49.7 Å². The van der Waals surface area contributed by atoms with Gasteiger partial charge in [0, 0.05) is 31.5 Å². The number of carbonyl (C=O) groups excluding carboxylic acids is 3. The molecule has 2 fully saturated rings. The first-order valence-electron chi connectivity index (χ1n) is 16.8. The number of hydrogen-bond donors (Lipinski definition) is 4. The predicted octanol–water partition coefficient (Wildman–Crippen LogP) is 4.92. The molecule has 1 saturated heterocycles. The molecule has 1 aromatic carbocycles. The van der Waals surface area contributed by atoms with Crippen LogP contribution in [0.15, 0.2) is 23.7 Å². The molecule has 2 heterocycles. The second-order valence-corrected chi connectivity index (χ2v) is 14.9. The molecule has 3 amide bonds. The topological polar surface area (TPSA) is 158 Å². The zero-order valence-corrected chi connectivity index (χ0v) is 29.2. The van der Waals surface area contributed by atoms with E-state index in [1.807, 2.05) is 25.1 Å². The molecule has 1 unspecified atom stereocenters. The number of unbranched alkanes of at least 4 members (excludes halogenated alkanes) is 5. The number of halogens is 1. The van der Waals surface area contributed by atoms with Crippen molar-refractivity contribution in [2.24, 2.45) is 5.41 Å². The molecule has 13 heteroatoms. The third-order valence-electron chi connectivity index (χ3n) is 8.92. The largest absolute Gasteiger partial charge is 0.493 e. The van der Waals surface area contributed by atoms with Gasteiger partial charge in [0.05, 0.1) is 28.8 Å². The molecule has 2 aliphatic rings. The molecule has 1 aromatic heterocycles. The standard InChI is InChI=1S/C35H49FN4O7S/c1-22-29(48-21-38-22)23-12-13-24(27(17-23)47-16-10-8-6-5-7-9-11-28(42)43)19-37-31(44)26-18-25(41)20-40(26)32(45)30(34(2,3)4)39-33(46)35(36)14-15-35/h12-13,17,21,25-26,30,41H,5-11,14-16,18-20H2,1-4H3,(H,37,44)(H,39,46)(H,42,43)/t25-,26+,30?/m1/s1. The van der Waals surface area contributed by atoms with Crippen molar-refractivity contribution >= 4 is 35.0 Å². The summed E-state index contributed by atoms with van der Waals surface area (Å²) < 4.78 is 20.7. The molecule has 1 aliphatic heterocycles. The Labute approximate surface area is 285 Å². The number of carbonyl (C=O) groups is 4. The average molecular weight is 689 g/mol. The molecule has 4 rings (SSSR count). The van der Waals surface area contributed by atoms with Crippen LogP contribution >= 0.6 is 11.3 Å². The molecular formula is C35H49FN4O7S. The number of carboxylic acid groups (broad SMARTS) is 1. The minimum atomic E-state index is -1.96. The highest BCUT2D eigenvalue weighted by Gasteiger charge is 2.53. The first kappa shape index (κ1) is 37.2. The Morgan fingerprint density at radius 2 is 1.81 bits per heavy atom. The smallest absolute Gasteiger partial charge is 0.303 e. The predicted molar refractivity (Wildman–Crippen MR) is 180 cm³/mol. The van der Waals surface area contributed by atoms with Crippen molar-refractivity contribution < 1.29 is 38.5 Å². The van der Waals surface area contributed by atoms with Gasteiger partial charge >= 0.3 is 5.97 Å². The maximum Gasteiger partial charge on any atom is 0.303 e. The highest BCUT2D eigenvalue weighted by Crippen LogP contribution is 2.40. The summed E-state index contributed by atoms with van der Waals surface area (Å²) in [6, 6.07) is 3.75. The second-order valence-electron chi connectivity index (χ2n) is 14.1. The summed E-state index contributed by atoms with van der Waals surface area (Å²) in [7, 11) is 0. The number of β-amino-alcohol motifs (C(OH)–C–C–N with tert-alkyl or cyclic N) is 1. The van der Waals surface area contributed by atoms with E-state index in [9.17, 15) is 28.7 Å². The van der Waals surface area contributed by atoms with E-state index in [0.29, 0.717) is 18.8 Å². The number of hydrogen-bond acceptors (Lipinski definition) is 8. The Kier molecular flexibility index (Phi) is 12.6. The molecule has 0 bridgehead atoms. The van der Waals surface area contributed by atoms with Crippen molar-refractivity contribution in [3.05, 3.63) is 35.0 Å². The summed E-state index contributed by atoms with van der Waals surface area (Å²) in [6.45, 7) is 7.74. The van der Waals surface area contributed by atoms with Gasteiger partial charge in [0.15, 0.2) is 5.67 Å². The number of rotatable bonds is 17. The van der Waals surface area contributed by atoms with E-state index in [1.165, 1.54) is 16.2 Å². The van der Waals surface area contributed by atoms with E-state index in [2.05, 4.69) is 15.6 Å². The Balaban J connectivity index is 1.40. The van der Waals surface area contributed by atoms with Crippen molar-refractivity contribution in [1.82, 2.24) is 20.5 Å². The number of ether oxygens (including phenoxy) is 1. The Hall–Kier alpha value is -3.58. The molecule has 2 aromatic rings. The van der Waals surface area contributed by atoms with Gasteiger partial charge in [0.1, 0.15) is 17.8 Å². The number of aromatic nitrogens is 1. The van der Waals surface area contributed by atoms with Crippen LogP contribution in [0.2, 0.25) is 0 Å². The maximum absolute atomic E-state index is 14.5. The van der Waals surface area contributed by atoms with Gasteiger partial charge in [-0.1, -0.05) is 58.6 Å². The Morgan fingerprint density at radius 1 is 1.12 bits per heavy atom. The van der Waals surface area contributed by atoms with E-state index >= 15 is 0 Å². The van der Waals surface area contributed by atoms with Crippen LogP contribution in [0.25, 0.3) is 10.4 Å². The van der Waals surface area contributed by atoms with Crippen LogP contribution in [-0.2, 0) is 25.7 Å². The van der Waals surface area contributed by atoms with E-state index < -0.39 is 53.0 Å². The molecule has 1 aliphatic carbocycles. The number of aryl methyl sites for hydroxylation is 1. The van der Waals surface area contributed by atoms with E-state index in [-0.39, 0.29) is 38.8 Å². The molecular weight excluding hydrogens is 639 g/mol. The van der Waals surface area contributed by atoms with Crippen molar-refractivity contribution in [2.75, 3.05) is 13.2 Å². The monoisotopic (exact) mass is 688 g/mol. The maximum atomic E-state index is 14.5. The Morgan fingerprint density at radius 3 is 2.44 bits per heavy atom. The minimum absolute atomic E-state index is 0.0404. The summed E-state index contributed by atoms with van der Waals surface area (Å²) in [5.41, 5.74) is 1.67. The highest BCUT2D eigenvalue weighted by molar-refractivity contribution is 7.13. The lowest BCUT2D eigenvalue weighted by Crippen LogP contribution is -2.59. The number of amides is 3. The number of likely N-dealkylation sites (tertiary alicyclic amines) is 1. The summed E-state index contributed by atoms with van der Waals surface area (Å²) in [6.07, 6.45) is 4.85. The number of thiazole rings is 1. The van der Waals surface area contributed by atoms with Gasteiger partial charge in [-0.3, -0.25) is 19.2 Å². The SMILES string of the molecule is Cc1ncsc1-c1ccc(CNC(=O)[C@@H]2C[C@@H](O)CN2C(=O)C(NC(=O)C2(F)CC2)C(C)(C)C)c(OCCCCCCCCC(=O)O)c1. The molecule has 3 atom stereocenters. The zero-order valence-electron chi connectivity index (χ0n) is 28.4. The number of benzene rings is 1. The fourth-order valence-corrected chi connectivity index (χ4v) is 6.64. The van der Waals surface area contributed by atoms with E-state index in [0.717, 1.165) is 53.8 Å². The number of alkyl halides is 1. The highest BCUT2D eigenvalue weighted by atomic mass is 32.1. The average Bonchev–Trinajstić information content (AvgIpc) is 3.43. The number of carboxylic acids is 1. The summed E-state index contributed by atoms with van der Waals surface area (Å²) in [5, 5.41) is 24.8. The number of nitrogens with zero attached hydrogens (tertiary/aromatic N) is 2. The van der Waals surface area contributed by atoms with E-state index in [1.54, 1.807) is 26.3 Å². The molecule has 0 radical (unpaired) electrons. The second kappa shape index (κ2) is 16.2. The van der Waals surface area contributed by atoms with Gasteiger partial charge in [-0.2, -0.15) is 0 Å².